The third-order valence-corrected chi connectivity index (χ3v) is 5.80. The van der Waals surface area contributed by atoms with E-state index in [2.05, 4.69) is 27.5 Å². The maximum Gasteiger partial charge on any atom is 0.258 e. The van der Waals surface area contributed by atoms with Gasteiger partial charge in [0.15, 0.2) is 6.61 Å². The number of hydrogen-bond donors (Lipinski definition) is 2. The number of aromatic amines is 1. The van der Waals surface area contributed by atoms with Crippen molar-refractivity contribution >= 4 is 28.6 Å². The summed E-state index contributed by atoms with van der Waals surface area (Å²) < 4.78 is 5.87. The molecule has 3 heterocycles. The number of rotatable bonds is 6. The summed E-state index contributed by atoms with van der Waals surface area (Å²) in [6, 6.07) is 9.73. The molecule has 0 radical (unpaired) electrons. The van der Waals surface area contributed by atoms with Gasteiger partial charge in [0.1, 0.15) is 5.75 Å². The highest BCUT2D eigenvalue weighted by molar-refractivity contribution is 7.99. The Hall–Kier alpha value is -2.47. The molecule has 134 valence electrons. The molecule has 1 amide bonds. The van der Waals surface area contributed by atoms with Gasteiger partial charge in [0.05, 0.1) is 0 Å². The summed E-state index contributed by atoms with van der Waals surface area (Å²) in [5, 5.41) is 3.98. The number of pyridine rings is 1. The van der Waals surface area contributed by atoms with Gasteiger partial charge in [-0.3, -0.25) is 9.78 Å². The average molecular weight is 367 g/mol. The van der Waals surface area contributed by atoms with E-state index in [4.69, 9.17) is 4.74 Å². The van der Waals surface area contributed by atoms with Gasteiger partial charge in [-0.1, -0.05) is 12.1 Å². The van der Waals surface area contributed by atoms with Gasteiger partial charge in [-0.15, -0.1) is 0 Å². The van der Waals surface area contributed by atoms with E-state index in [1.165, 1.54) is 17.7 Å². The molecule has 2 aromatic heterocycles. The summed E-state index contributed by atoms with van der Waals surface area (Å²) in [5.74, 6) is 3.54. The Bertz CT molecular complexity index is 888. The van der Waals surface area contributed by atoms with Gasteiger partial charge in [0.25, 0.3) is 5.91 Å². The lowest BCUT2D eigenvalue weighted by molar-refractivity contribution is -0.123. The summed E-state index contributed by atoms with van der Waals surface area (Å²) in [7, 11) is 0. The molecule has 2 N–H and O–H groups in total. The molecule has 1 aromatic carbocycles. The second kappa shape index (κ2) is 7.83. The van der Waals surface area contributed by atoms with Crippen molar-refractivity contribution in [1.29, 1.82) is 0 Å². The minimum absolute atomic E-state index is 0.00339. The average Bonchev–Trinajstić information content (AvgIpc) is 3.35. The molecule has 26 heavy (non-hydrogen) atoms. The summed E-state index contributed by atoms with van der Waals surface area (Å²) in [5.41, 5.74) is 3.33. The number of benzene rings is 1. The first-order valence-corrected chi connectivity index (χ1v) is 9.93. The zero-order valence-electron chi connectivity index (χ0n) is 14.4. The molecule has 1 aliphatic heterocycles. The molecule has 3 aromatic rings. The van der Waals surface area contributed by atoms with Crippen LogP contribution in [0.1, 0.15) is 23.5 Å². The Kier molecular flexibility index (Phi) is 5.11. The van der Waals surface area contributed by atoms with Crippen LogP contribution >= 0.6 is 11.8 Å². The molecule has 0 saturated carbocycles. The van der Waals surface area contributed by atoms with Gasteiger partial charge in [-0.05, 0) is 47.4 Å². The van der Waals surface area contributed by atoms with Crippen LogP contribution < -0.4 is 10.1 Å². The van der Waals surface area contributed by atoms with Gasteiger partial charge < -0.3 is 15.0 Å². The van der Waals surface area contributed by atoms with Crippen molar-refractivity contribution in [3.8, 4) is 5.75 Å². The Morgan fingerprint density at radius 1 is 1.35 bits per heavy atom. The van der Waals surface area contributed by atoms with Crippen LogP contribution in [0.25, 0.3) is 10.9 Å². The first kappa shape index (κ1) is 17.0. The zero-order chi connectivity index (χ0) is 17.8. The molecule has 1 atom stereocenters. The van der Waals surface area contributed by atoms with Crippen molar-refractivity contribution in [3.63, 3.8) is 0 Å². The topological polar surface area (TPSA) is 67.0 Å². The first-order valence-electron chi connectivity index (χ1n) is 8.77. The molecule has 1 aliphatic rings. The maximum absolute atomic E-state index is 12.1. The highest BCUT2D eigenvalue weighted by Gasteiger charge is 2.22. The van der Waals surface area contributed by atoms with E-state index < -0.39 is 0 Å². The Morgan fingerprint density at radius 2 is 2.31 bits per heavy atom. The third-order valence-electron chi connectivity index (χ3n) is 4.64. The van der Waals surface area contributed by atoms with Crippen LogP contribution in [0.3, 0.4) is 0 Å². The third kappa shape index (κ3) is 3.70. The van der Waals surface area contributed by atoms with Gasteiger partial charge >= 0.3 is 0 Å². The lowest BCUT2D eigenvalue weighted by Crippen LogP contribution is -2.28. The zero-order valence-corrected chi connectivity index (χ0v) is 15.2. The Morgan fingerprint density at radius 3 is 3.12 bits per heavy atom. The van der Waals surface area contributed by atoms with Crippen LogP contribution in [0.2, 0.25) is 0 Å². The number of fused-ring (bicyclic) bond motifs is 1. The summed E-state index contributed by atoms with van der Waals surface area (Å²) in [6.45, 7) is 0.457. The van der Waals surface area contributed by atoms with Crippen molar-refractivity contribution in [2.45, 2.75) is 18.9 Å². The molecule has 0 spiro atoms. The van der Waals surface area contributed by atoms with E-state index in [0.717, 1.165) is 28.0 Å². The van der Waals surface area contributed by atoms with Crippen molar-refractivity contribution < 1.29 is 9.53 Å². The number of carbonyl (C=O) groups excluding carboxylic acids is 1. The number of nitrogens with one attached hydrogen (secondary N) is 2. The highest BCUT2D eigenvalue weighted by Crippen LogP contribution is 2.39. The number of nitrogens with zero attached hydrogens (tertiary/aromatic N) is 1. The van der Waals surface area contributed by atoms with Gasteiger partial charge in [0, 0.05) is 41.8 Å². The van der Waals surface area contributed by atoms with E-state index >= 15 is 0 Å². The molecule has 0 bridgehead atoms. The quantitative estimate of drug-likeness (QED) is 0.700. The van der Waals surface area contributed by atoms with Gasteiger partial charge in [-0.25, -0.2) is 0 Å². The molecular formula is C20H21N3O2S. The lowest BCUT2D eigenvalue weighted by atomic mass is 9.98. The van der Waals surface area contributed by atoms with Crippen LogP contribution in [0.4, 0.5) is 0 Å². The van der Waals surface area contributed by atoms with Crippen LogP contribution in [-0.4, -0.2) is 34.0 Å². The molecule has 1 saturated heterocycles. The second-order valence-corrected chi connectivity index (χ2v) is 7.56. The van der Waals surface area contributed by atoms with Crippen LogP contribution in [-0.2, 0) is 11.3 Å². The first-order chi connectivity index (χ1) is 12.8. The summed E-state index contributed by atoms with van der Waals surface area (Å²) >= 11 is 1.99. The lowest BCUT2D eigenvalue weighted by Gasteiger charge is -2.12. The summed E-state index contributed by atoms with van der Waals surface area (Å²) in [4.78, 5) is 19.5. The van der Waals surface area contributed by atoms with Crippen LogP contribution in [0.5, 0.6) is 5.75 Å². The Balaban J connectivity index is 1.43. The Labute approximate surface area is 156 Å². The summed E-state index contributed by atoms with van der Waals surface area (Å²) in [6.07, 6.45) is 6.74. The van der Waals surface area contributed by atoms with Crippen LogP contribution in [0, 0.1) is 0 Å². The SMILES string of the molecule is O=C(COc1cccc2[nH]cc(C3CCSC3)c12)NCc1cccnc1. The van der Waals surface area contributed by atoms with E-state index in [1.54, 1.807) is 12.4 Å². The predicted molar refractivity (Wildman–Crippen MR) is 105 cm³/mol. The molecule has 6 heteroatoms. The van der Waals surface area contributed by atoms with E-state index in [9.17, 15) is 4.79 Å². The van der Waals surface area contributed by atoms with E-state index in [0.29, 0.717) is 12.5 Å². The van der Waals surface area contributed by atoms with Gasteiger partial charge in [0.2, 0.25) is 0 Å². The van der Waals surface area contributed by atoms with Gasteiger partial charge in [-0.2, -0.15) is 11.8 Å². The molecule has 5 nitrogen and oxygen atoms in total. The molecule has 0 aliphatic carbocycles. The highest BCUT2D eigenvalue weighted by atomic mass is 32.2. The molecule has 1 unspecified atom stereocenters. The number of hydrogen-bond acceptors (Lipinski definition) is 4. The predicted octanol–water partition coefficient (Wildman–Crippen LogP) is 3.48. The fourth-order valence-corrected chi connectivity index (χ4v) is 4.55. The largest absolute Gasteiger partial charge is 0.483 e. The normalized spacial score (nSPS) is 16.7. The minimum atomic E-state index is -0.139. The second-order valence-electron chi connectivity index (χ2n) is 6.41. The van der Waals surface area contributed by atoms with Crippen molar-refractivity contribution in [2.24, 2.45) is 0 Å². The van der Waals surface area contributed by atoms with Crippen molar-refractivity contribution in [1.82, 2.24) is 15.3 Å². The number of ether oxygens (including phenoxy) is 1. The minimum Gasteiger partial charge on any atom is -0.483 e. The number of carbonyl (C=O) groups is 1. The molecule has 4 rings (SSSR count). The fourth-order valence-electron chi connectivity index (χ4n) is 3.30. The van der Waals surface area contributed by atoms with Crippen LogP contribution in [0.15, 0.2) is 48.9 Å². The van der Waals surface area contributed by atoms with E-state index in [1.807, 2.05) is 36.0 Å². The number of aromatic nitrogens is 2. The smallest absolute Gasteiger partial charge is 0.258 e. The van der Waals surface area contributed by atoms with Crippen molar-refractivity contribution in [3.05, 3.63) is 60.0 Å². The number of amides is 1. The molecular weight excluding hydrogens is 346 g/mol. The number of thioether (sulfide) groups is 1. The maximum atomic E-state index is 12.1. The van der Waals surface area contributed by atoms with E-state index in [-0.39, 0.29) is 12.5 Å². The number of H-pyrrole nitrogens is 1. The standard InChI is InChI=1S/C20H21N3O2S/c24-19(23-10-14-3-2-7-21-9-14)12-25-18-5-1-4-17-20(18)16(11-22-17)15-6-8-26-13-15/h1-5,7,9,11,15,22H,6,8,10,12-13H2,(H,23,24). The van der Waals surface area contributed by atoms with Crippen molar-refractivity contribution in [2.75, 3.05) is 18.1 Å². The monoisotopic (exact) mass is 367 g/mol. The fraction of sp³-hybridized carbons (Fsp3) is 0.300. The molecule has 1 fully saturated rings.